The van der Waals surface area contributed by atoms with Crippen molar-refractivity contribution in [2.24, 2.45) is 5.92 Å². The van der Waals surface area contributed by atoms with Crippen LogP contribution < -0.4 is 0 Å². The highest BCUT2D eigenvalue weighted by atomic mass is 16.5. The van der Waals surface area contributed by atoms with Crippen LogP contribution in [0, 0.1) is 5.92 Å². The van der Waals surface area contributed by atoms with E-state index >= 15 is 0 Å². The summed E-state index contributed by atoms with van der Waals surface area (Å²) in [7, 11) is 1.70. The lowest BCUT2D eigenvalue weighted by Gasteiger charge is -2.27. The van der Waals surface area contributed by atoms with Crippen molar-refractivity contribution >= 4 is 0 Å². The van der Waals surface area contributed by atoms with Crippen molar-refractivity contribution in [3.05, 3.63) is 23.8 Å². The first kappa shape index (κ1) is 13.5. The van der Waals surface area contributed by atoms with Crippen LogP contribution in [-0.4, -0.2) is 17.1 Å². The Balaban J connectivity index is 1.89. The Morgan fingerprint density at radius 3 is 2.39 bits per heavy atom. The van der Waals surface area contributed by atoms with E-state index in [1.54, 1.807) is 7.11 Å². The summed E-state index contributed by atoms with van der Waals surface area (Å²) in [6, 6.07) is 0. The number of hydrogen-bond acceptors (Lipinski definition) is 3. The summed E-state index contributed by atoms with van der Waals surface area (Å²) >= 11 is 0. The van der Waals surface area contributed by atoms with Crippen molar-refractivity contribution in [3.8, 4) is 0 Å². The Morgan fingerprint density at radius 2 is 1.83 bits per heavy atom. The molecule has 100 valence electrons. The van der Waals surface area contributed by atoms with Crippen LogP contribution in [0.3, 0.4) is 0 Å². The second-order valence-corrected chi connectivity index (χ2v) is 5.39. The summed E-state index contributed by atoms with van der Waals surface area (Å²) < 4.78 is 5.07. The average Bonchev–Trinajstić information content (AvgIpc) is 2.41. The molecule has 1 heterocycles. The summed E-state index contributed by atoms with van der Waals surface area (Å²) in [6.07, 6.45) is 11.7. The van der Waals surface area contributed by atoms with Crippen LogP contribution in [0.15, 0.2) is 12.4 Å². The van der Waals surface area contributed by atoms with E-state index in [0.29, 0.717) is 12.5 Å². The van der Waals surface area contributed by atoms with Gasteiger partial charge in [0.15, 0.2) is 0 Å². The smallest absolute Gasteiger partial charge is 0.131 e. The third-order valence-corrected chi connectivity index (χ3v) is 3.95. The lowest BCUT2D eigenvalue weighted by Crippen LogP contribution is -2.15. The van der Waals surface area contributed by atoms with Crippen molar-refractivity contribution in [2.75, 3.05) is 7.11 Å². The fraction of sp³-hybridized carbons (Fsp3) is 0.733. The number of hydrogen-bond donors (Lipinski definition) is 0. The van der Waals surface area contributed by atoms with E-state index in [9.17, 15) is 0 Å². The van der Waals surface area contributed by atoms with Crippen LogP contribution in [0.2, 0.25) is 0 Å². The molecule has 0 spiro atoms. The molecular weight excluding hydrogens is 224 g/mol. The third kappa shape index (κ3) is 3.52. The molecule has 0 radical (unpaired) electrons. The zero-order valence-corrected chi connectivity index (χ0v) is 11.6. The van der Waals surface area contributed by atoms with Gasteiger partial charge >= 0.3 is 0 Å². The normalized spacial score (nSPS) is 24.1. The number of nitrogens with zero attached hydrogens (tertiary/aromatic N) is 2. The molecular formula is C15H24N2O. The van der Waals surface area contributed by atoms with E-state index < -0.39 is 0 Å². The van der Waals surface area contributed by atoms with Crippen LogP contribution in [0.1, 0.15) is 62.8 Å². The van der Waals surface area contributed by atoms with Crippen molar-refractivity contribution in [2.45, 2.75) is 58.0 Å². The van der Waals surface area contributed by atoms with Gasteiger partial charge < -0.3 is 4.74 Å². The van der Waals surface area contributed by atoms with E-state index in [0.717, 1.165) is 17.3 Å². The highest BCUT2D eigenvalue weighted by Crippen LogP contribution is 2.35. The zero-order chi connectivity index (χ0) is 12.8. The highest BCUT2D eigenvalue weighted by Gasteiger charge is 2.23. The summed E-state index contributed by atoms with van der Waals surface area (Å²) in [5, 5.41) is 0. The van der Waals surface area contributed by atoms with Crippen LogP contribution in [0.4, 0.5) is 0 Å². The molecule has 1 aromatic heterocycles. The van der Waals surface area contributed by atoms with Crippen LogP contribution >= 0.6 is 0 Å². The summed E-state index contributed by atoms with van der Waals surface area (Å²) in [5.74, 6) is 2.55. The molecule has 0 bridgehead atoms. The molecule has 0 amide bonds. The van der Waals surface area contributed by atoms with E-state index in [2.05, 4.69) is 16.9 Å². The number of methoxy groups -OCH3 is 1. The fourth-order valence-corrected chi connectivity index (χ4v) is 2.93. The molecule has 0 N–H and O–H groups in total. The monoisotopic (exact) mass is 248 g/mol. The molecule has 0 aromatic carbocycles. The second kappa shape index (κ2) is 6.83. The van der Waals surface area contributed by atoms with Gasteiger partial charge in [-0.3, -0.25) is 0 Å². The molecule has 1 fully saturated rings. The maximum atomic E-state index is 5.07. The first-order valence-corrected chi connectivity index (χ1v) is 7.13. The summed E-state index contributed by atoms with van der Waals surface area (Å²) in [4.78, 5) is 9.00. The molecule has 3 heteroatoms. The third-order valence-electron chi connectivity index (χ3n) is 3.95. The first-order valence-electron chi connectivity index (χ1n) is 7.13. The van der Waals surface area contributed by atoms with Crippen molar-refractivity contribution in [1.29, 1.82) is 0 Å². The number of aromatic nitrogens is 2. The topological polar surface area (TPSA) is 35.0 Å². The van der Waals surface area contributed by atoms with Crippen molar-refractivity contribution < 1.29 is 4.74 Å². The van der Waals surface area contributed by atoms with Crippen LogP contribution in [0.25, 0.3) is 0 Å². The summed E-state index contributed by atoms with van der Waals surface area (Å²) in [6.45, 7) is 2.88. The Morgan fingerprint density at radius 1 is 1.17 bits per heavy atom. The molecule has 1 saturated carbocycles. The highest BCUT2D eigenvalue weighted by molar-refractivity contribution is 5.07. The Bertz CT molecular complexity index is 342. The van der Waals surface area contributed by atoms with Gasteiger partial charge in [-0.05, 0) is 31.6 Å². The minimum Gasteiger partial charge on any atom is -0.380 e. The number of rotatable bonds is 5. The molecule has 1 aliphatic carbocycles. The SMILES string of the molecule is CCCC1CCC(c2ncc(COC)cn2)CC1. The molecule has 0 atom stereocenters. The van der Waals surface area contributed by atoms with Gasteiger partial charge in [-0.1, -0.05) is 19.8 Å². The molecule has 1 aromatic rings. The quantitative estimate of drug-likeness (QED) is 0.797. The summed E-state index contributed by atoms with van der Waals surface area (Å²) in [5.41, 5.74) is 1.06. The number of ether oxygens (including phenoxy) is 1. The van der Waals surface area contributed by atoms with Gasteiger partial charge in [-0.25, -0.2) is 9.97 Å². The molecule has 0 unspecified atom stereocenters. The molecule has 1 aliphatic rings. The molecule has 3 nitrogen and oxygen atoms in total. The predicted molar refractivity (Wildman–Crippen MR) is 72.4 cm³/mol. The van der Waals surface area contributed by atoms with Gasteiger partial charge in [-0.15, -0.1) is 0 Å². The van der Waals surface area contributed by atoms with Gasteiger partial charge in [0.1, 0.15) is 5.82 Å². The molecule has 18 heavy (non-hydrogen) atoms. The van der Waals surface area contributed by atoms with Crippen LogP contribution in [0.5, 0.6) is 0 Å². The minimum atomic E-state index is 0.578. The Hall–Kier alpha value is -0.960. The standard InChI is InChI=1S/C15H24N2O/c1-3-4-12-5-7-14(8-6-12)15-16-9-13(10-17-15)11-18-2/h9-10,12,14H,3-8,11H2,1-2H3. The van der Waals surface area contributed by atoms with Gasteiger partial charge in [0.25, 0.3) is 0 Å². The van der Waals surface area contributed by atoms with Crippen LogP contribution in [-0.2, 0) is 11.3 Å². The average molecular weight is 248 g/mol. The molecule has 0 aliphatic heterocycles. The van der Waals surface area contributed by atoms with Gasteiger partial charge in [0.05, 0.1) is 6.61 Å². The van der Waals surface area contributed by atoms with Crippen molar-refractivity contribution in [1.82, 2.24) is 9.97 Å². The maximum absolute atomic E-state index is 5.07. The predicted octanol–water partition coefficient (Wildman–Crippen LogP) is 3.70. The van der Waals surface area contributed by atoms with E-state index in [1.165, 1.54) is 38.5 Å². The fourth-order valence-electron chi connectivity index (χ4n) is 2.93. The maximum Gasteiger partial charge on any atom is 0.131 e. The lowest BCUT2D eigenvalue weighted by atomic mass is 9.80. The lowest BCUT2D eigenvalue weighted by molar-refractivity contribution is 0.184. The van der Waals surface area contributed by atoms with Gasteiger partial charge in [0.2, 0.25) is 0 Å². The van der Waals surface area contributed by atoms with Gasteiger partial charge in [0, 0.05) is 31.0 Å². The Labute approximate surface area is 110 Å². The largest absolute Gasteiger partial charge is 0.380 e. The first-order chi connectivity index (χ1) is 8.83. The van der Waals surface area contributed by atoms with Crippen molar-refractivity contribution in [3.63, 3.8) is 0 Å². The van der Waals surface area contributed by atoms with E-state index in [-0.39, 0.29) is 0 Å². The van der Waals surface area contributed by atoms with E-state index in [4.69, 9.17) is 4.74 Å². The second-order valence-electron chi connectivity index (χ2n) is 5.39. The molecule has 0 saturated heterocycles. The van der Waals surface area contributed by atoms with E-state index in [1.807, 2.05) is 12.4 Å². The van der Waals surface area contributed by atoms with Gasteiger partial charge in [-0.2, -0.15) is 0 Å². The molecule has 2 rings (SSSR count). The Kier molecular flexibility index (Phi) is 5.12. The zero-order valence-electron chi connectivity index (χ0n) is 11.6. The minimum absolute atomic E-state index is 0.578.